The van der Waals surface area contributed by atoms with Crippen LogP contribution in [0.1, 0.15) is 35.8 Å². The number of benzene rings is 2. The van der Waals surface area contributed by atoms with Gasteiger partial charge in [-0.25, -0.2) is 8.42 Å². The third-order valence-electron chi connectivity index (χ3n) is 5.57. The molecule has 0 spiro atoms. The van der Waals surface area contributed by atoms with Gasteiger partial charge in [0.05, 0.1) is 24.2 Å². The van der Waals surface area contributed by atoms with Crippen molar-refractivity contribution in [1.82, 2.24) is 14.5 Å². The molecule has 168 valence electrons. The maximum Gasteiger partial charge on any atom is 0.251 e. The van der Waals surface area contributed by atoms with Gasteiger partial charge in [0, 0.05) is 38.3 Å². The van der Waals surface area contributed by atoms with Crippen molar-refractivity contribution < 1.29 is 17.9 Å². The fourth-order valence-electron chi connectivity index (χ4n) is 3.82. The van der Waals surface area contributed by atoms with Gasteiger partial charge in [-0.2, -0.15) is 4.31 Å². The summed E-state index contributed by atoms with van der Waals surface area (Å²) in [6.07, 6.45) is 0. The molecule has 31 heavy (non-hydrogen) atoms. The Morgan fingerprint density at radius 1 is 1.06 bits per heavy atom. The molecule has 0 aliphatic carbocycles. The summed E-state index contributed by atoms with van der Waals surface area (Å²) in [7, 11) is -3.62. The van der Waals surface area contributed by atoms with Gasteiger partial charge in [-0.1, -0.05) is 50.2 Å². The highest BCUT2D eigenvalue weighted by atomic mass is 32.2. The van der Waals surface area contributed by atoms with Crippen LogP contribution in [-0.2, 0) is 14.8 Å². The van der Waals surface area contributed by atoms with E-state index in [0.29, 0.717) is 38.4 Å². The first kappa shape index (κ1) is 23.4. The van der Waals surface area contributed by atoms with E-state index >= 15 is 0 Å². The van der Waals surface area contributed by atoms with E-state index in [0.717, 1.165) is 18.7 Å². The molecule has 1 atom stereocenters. The third-order valence-corrected chi connectivity index (χ3v) is 7.61. The van der Waals surface area contributed by atoms with Crippen LogP contribution in [0.2, 0.25) is 0 Å². The van der Waals surface area contributed by atoms with Crippen molar-refractivity contribution in [3.05, 3.63) is 65.7 Å². The normalized spacial score (nSPS) is 16.2. The first-order valence-electron chi connectivity index (χ1n) is 10.7. The second kappa shape index (κ2) is 10.9. The van der Waals surface area contributed by atoms with E-state index in [9.17, 15) is 13.2 Å². The number of ether oxygens (including phenoxy) is 1. The molecule has 0 radical (unpaired) electrons. The molecule has 0 bridgehead atoms. The van der Waals surface area contributed by atoms with Crippen LogP contribution in [0, 0.1) is 0 Å². The molecule has 8 heteroatoms. The first-order chi connectivity index (χ1) is 15.0. The maximum atomic E-state index is 12.9. The Hall–Kier alpha value is -2.26. The zero-order valence-electron chi connectivity index (χ0n) is 18.2. The minimum absolute atomic E-state index is 0.0247. The minimum atomic E-state index is -3.62. The van der Waals surface area contributed by atoms with E-state index in [1.807, 2.05) is 18.2 Å². The summed E-state index contributed by atoms with van der Waals surface area (Å²) in [5, 5.41) is 3.00. The van der Waals surface area contributed by atoms with Gasteiger partial charge in [-0.15, -0.1) is 0 Å². The van der Waals surface area contributed by atoms with Crippen molar-refractivity contribution in [3.8, 4) is 0 Å². The molecule has 7 nitrogen and oxygen atoms in total. The molecule has 1 fully saturated rings. The van der Waals surface area contributed by atoms with Crippen molar-refractivity contribution in [3.63, 3.8) is 0 Å². The number of carbonyl (C=O) groups is 1. The van der Waals surface area contributed by atoms with Gasteiger partial charge < -0.3 is 10.1 Å². The predicted octanol–water partition coefficient (Wildman–Crippen LogP) is 2.52. The number of sulfonamides is 1. The van der Waals surface area contributed by atoms with Crippen molar-refractivity contribution in [2.75, 3.05) is 45.9 Å². The average Bonchev–Trinajstić information content (AvgIpc) is 2.81. The number of nitrogens with one attached hydrogen (secondary N) is 1. The van der Waals surface area contributed by atoms with E-state index in [1.165, 1.54) is 16.4 Å². The molecule has 2 aromatic rings. The lowest BCUT2D eigenvalue weighted by Gasteiger charge is -2.35. The zero-order chi connectivity index (χ0) is 22.3. The summed E-state index contributed by atoms with van der Waals surface area (Å²) in [6.45, 7) is 7.72. The van der Waals surface area contributed by atoms with Crippen LogP contribution in [0.5, 0.6) is 0 Å². The fraction of sp³-hybridized carbons (Fsp3) is 0.435. The van der Waals surface area contributed by atoms with Gasteiger partial charge >= 0.3 is 0 Å². The summed E-state index contributed by atoms with van der Waals surface area (Å²) in [4.78, 5) is 15.3. The lowest BCUT2D eigenvalue weighted by atomic mass is 10.0. The monoisotopic (exact) mass is 445 g/mol. The summed E-state index contributed by atoms with van der Waals surface area (Å²) in [5.74, 6) is -0.286. The van der Waals surface area contributed by atoms with Gasteiger partial charge in [0.25, 0.3) is 5.91 Å². The van der Waals surface area contributed by atoms with Gasteiger partial charge in [-0.05, 0) is 23.8 Å². The molecule has 0 aromatic heterocycles. The number of carbonyl (C=O) groups excluding carboxylic acids is 1. The number of rotatable bonds is 9. The fourth-order valence-corrected chi connectivity index (χ4v) is 5.33. The smallest absolute Gasteiger partial charge is 0.251 e. The molecule has 2 aromatic carbocycles. The summed E-state index contributed by atoms with van der Waals surface area (Å²) >= 11 is 0. The van der Waals surface area contributed by atoms with Gasteiger partial charge in [0.2, 0.25) is 10.0 Å². The molecule has 1 heterocycles. The summed E-state index contributed by atoms with van der Waals surface area (Å²) < 4.78 is 32.5. The molecular formula is C23H31N3O4S. The van der Waals surface area contributed by atoms with Crippen LogP contribution < -0.4 is 5.32 Å². The standard InChI is InChI=1S/C23H31N3O4S/c1-3-26(4-2)31(28,29)21-12-8-11-20(17-21)23(27)24-18-22(19-9-6-5-7-10-19)25-13-15-30-16-14-25/h5-12,17,22H,3-4,13-16,18H2,1-2H3,(H,24,27). The van der Waals surface area contributed by atoms with Crippen molar-refractivity contribution >= 4 is 15.9 Å². The quantitative estimate of drug-likeness (QED) is 0.642. The lowest BCUT2D eigenvalue weighted by Crippen LogP contribution is -2.43. The van der Waals surface area contributed by atoms with Crippen LogP contribution in [0.4, 0.5) is 0 Å². The molecule has 1 aliphatic rings. The third kappa shape index (κ3) is 5.71. The van der Waals surface area contributed by atoms with E-state index in [4.69, 9.17) is 4.74 Å². The van der Waals surface area contributed by atoms with E-state index < -0.39 is 10.0 Å². The zero-order valence-corrected chi connectivity index (χ0v) is 19.0. The van der Waals surface area contributed by atoms with Crippen molar-refractivity contribution in [2.45, 2.75) is 24.8 Å². The van der Waals surface area contributed by atoms with Crippen LogP contribution in [-0.4, -0.2) is 69.5 Å². The SMILES string of the molecule is CCN(CC)S(=O)(=O)c1cccc(C(=O)NCC(c2ccccc2)N2CCOCC2)c1. The van der Waals surface area contributed by atoms with Crippen LogP contribution >= 0.6 is 0 Å². The second-order valence-electron chi connectivity index (χ2n) is 7.40. The van der Waals surface area contributed by atoms with Gasteiger partial charge in [0.15, 0.2) is 0 Å². The Kier molecular flexibility index (Phi) is 8.20. The second-order valence-corrected chi connectivity index (χ2v) is 9.34. The first-order valence-corrected chi connectivity index (χ1v) is 12.2. The van der Waals surface area contributed by atoms with E-state index in [-0.39, 0.29) is 16.8 Å². The molecular weight excluding hydrogens is 414 g/mol. The number of morpholine rings is 1. The molecule has 3 rings (SSSR count). The minimum Gasteiger partial charge on any atom is -0.379 e. The molecule has 0 saturated carbocycles. The van der Waals surface area contributed by atoms with Crippen molar-refractivity contribution in [2.24, 2.45) is 0 Å². The number of amides is 1. The predicted molar refractivity (Wildman–Crippen MR) is 120 cm³/mol. The largest absolute Gasteiger partial charge is 0.379 e. The van der Waals surface area contributed by atoms with Gasteiger partial charge in [0.1, 0.15) is 0 Å². The highest BCUT2D eigenvalue weighted by Gasteiger charge is 2.25. The van der Waals surface area contributed by atoms with Crippen LogP contribution in [0.25, 0.3) is 0 Å². The molecule has 1 unspecified atom stereocenters. The number of nitrogens with zero attached hydrogens (tertiary/aromatic N) is 2. The topological polar surface area (TPSA) is 79.0 Å². The highest BCUT2D eigenvalue weighted by molar-refractivity contribution is 7.89. The van der Waals surface area contributed by atoms with Crippen molar-refractivity contribution in [1.29, 1.82) is 0 Å². The Bertz CT molecular complexity index is 956. The van der Waals surface area contributed by atoms with Gasteiger partial charge in [-0.3, -0.25) is 9.69 Å². The summed E-state index contributed by atoms with van der Waals surface area (Å²) in [6, 6.07) is 16.3. The molecule has 1 saturated heterocycles. The Morgan fingerprint density at radius 3 is 2.39 bits per heavy atom. The Morgan fingerprint density at radius 2 is 1.74 bits per heavy atom. The lowest BCUT2D eigenvalue weighted by molar-refractivity contribution is 0.0162. The Balaban J connectivity index is 1.75. The van der Waals surface area contributed by atoms with E-state index in [1.54, 1.807) is 26.0 Å². The maximum absolute atomic E-state index is 12.9. The Labute approximate surface area is 185 Å². The molecule has 1 aliphatic heterocycles. The van der Waals surface area contributed by atoms with E-state index in [2.05, 4.69) is 22.3 Å². The highest BCUT2D eigenvalue weighted by Crippen LogP contribution is 2.22. The molecule has 1 N–H and O–H groups in total. The summed E-state index contributed by atoms with van der Waals surface area (Å²) in [5.41, 5.74) is 1.46. The average molecular weight is 446 g/mol. The van der Waals surface area contributed by atoms with Crippen LogP contribution in [0.3, 0.4) is 0 Å². The number of hydrogen-bond donors (Lipinski definition) is 1. The number of hydrogen-bond acceptors (Lipinski definition) is 5. The van der Waals surface area contributed by atoms with Crippen LogP contribution in [0.15, 0.2) is 59.5 Å². The molecule has 1 amide bonds.